The lowest BCUT2D eigenvalue weighted by Gasteiger charge is -2.10. The van der Waals surface area contributed by atoms with Crippen molar-refractivity contribution in [2.24, 2.45) is 0 Å². The maximum atomic E-state index is 11.6. The minimum atomic E-state index is -0.126. The van der Waals surface area contributed by atoms with E-state index in [1.807, 2.05) is 13.0 Å². The van der Waals surface area contributed by atoms with Crippen molar-refractivity contribution < 1.29 is 9.59 Å². The zero-order valence-corrected chi connectivity index (χ0v) is 7.54. The van der Waals surface area contributed by atoms with Crippen LogP contribution in [-0.4, -0.2) is 23.3 Å². The van der Waals surface area contributed by atoms with Crippen LogP contribution in [0.2, 0.25) is 0 Å². The lowest BCUT2D eigenvalue weighted by Crippen LogP contribution is -2.31. The molecule has 1 aliphatic carbocycles. The van der Waals surface area contributed by atoms with Gasteiger partial charge in [-0.3, -0.25) is 14.5 Å². The smallest absolute Gasteiger partial charge is 0.261 e. The number of allylic oxidation sites excluding steroid dienone is 1. The van der Waals surface area contributed by atoms with Crippen LogP contribution in [0.1, 0.15) is 19.8 Å². The van der Waals surface area contributed by atoms with Gasteiger partial charge in [0.2, 0.25) is 0 Å². The number of rotatable bonds is 1. The van der Waals surface area contributed by atoms with Gasteiger partial charge in [0, 0.05) is 17.7 Å². The van der Waals surface area contributed by atoms with E-state index in [-0.39, 0.29) is 11.8 Å². The third-order valence-corrected chi connectivity index (χ3v) is 2.47. The van der Waals surface area contributed by atoms with Gasteiger partial charge in [-0.15, -0.1) is 0 Å². The van der Waals surface area contributed by atoms with Crippen LogP contribution in [0.3, 0.4) is 0 Å². The normalized spacial score (nSPS) is 21.5. The maximum Gasteiger partial charge on any atom is 0.261 e. The average molecular weight is 177 g/mol. The highest BCUT2D eigenvalue weighted by Gasteiger charge is 2.35. The van der Waals surface area contributed by atoms with E-state index in [0.29, 0.717) is 24.1 Å². The lowest BCUT2D eigenvalue weighted by atomic mass is 10.00. The molecule has 0 fully saturated rings. The quantitative estimate of drug-likeness (QED) is 0.561. The van der Waals surface area contributed by atoms with Crippen LogP contribution >= 0.6 is 0 Å². The van der Waals surface area contributed by atoms with Gasteiger partial charge in [-0.25, -0.2) is 0 Å². The molecule has 0 N–H and O–H groups in total. The fourth-order valence-electron chi connectivity index (χ4n) is 1.77. The number of nitrogens with zero attached hydrogens (tertiary/aromatic N) is 1. The fraction of sp³-hybridized carbons (Fsp3) is 0.400. The molecule has 68 valence electrons. The Morgan fingerprint density at radius 1 is 1.38 bits per heavy atom. The fourth-order valence-corrected chi connectivity index (χ4v) is 1.77. The van der Waals surface area contributed by atoms with Gasteiger partial charge < -0.3 is 0 Å². The van der Waals surface area contributed by atoms with Crippen LogP contribution in [0.15, 0.2) is 23.3 Å². The van der Waals surface area contributed by atoms with Crippen molar-refractivity contribution in [3.05, 3.63) is 23.3 Å². The summed E-state index contributed by atoms with van der Waals surface area (Å²) in [7, 11) is 0. The molecule has 0 aromatic carbocycles. The van der Waals surface area contributed by atoms with Crippen LogP contribution in [0.4, 0.5) is 0 Å². The largest absolute Gasteiger partial charge is 0.275 e. The van der Waals surface area contributed by atoms with Gasteiger partial charge in [-0.05, 0) is 19.8 Å². The van der Waals surface area contributed by atoms with Crippen LogP contribution in [-0.2, 0) is 9.59 Å². The highest BCUT2D eigenvalue weighted by Crippen LogP contribution is 2.28. The Bertz CT molecular complexity index is 339. The molecule has 0 aromatic heterocycles. The van der Waals surface area contributed by atoms with E-state index in [1.165, 1.54) is 4.90 Å². The van der Waals surface area contributed by atoms with E-state index in [2.05, 4.69) is 0 Å². The number of hydrogen-bond acceptors (Lipinski definition) is 2. The predicted octanol–water partition coefficient (Wildman–Crippen LogP) is 1.02. The lowest BCUT2D eigenvalue weighted by molar-refractivity contribution is -0.137. The van der Waals surface area contributed by atoms with Gasteiger partial charge >= 0.3 is 0 Å². The number of carbonyl (C=O) groups is 2. The Labute approximate surface area is 76.7 Å². The molecule has 1 aliphatic heterocycles. The Balaban J connectivity index is 2.41. The Hall–Kier alpha value is -1.38. The van der Waals surface area contributed by atoms with Crippen molar-refractivity contribution >= 4 is 11.8 Å². The Morgan fingerprint density at radius 2 is 2.15 bits per heavy atom. The standard InChI is InChI=1S/C10H11NO2/c1-2-11-9(12)7-5-3-4-6-8(7)10(11)13/h3,5H,2,4,6H2,1H3. The summed E-state index contributed by atoms with van der Waals surface area (Å²) in [4.78, 5) is 24.5. The molecule has 13 heavy (non-hydrogen) atoms. The summed E-state index contributed by atoms with van der Waals surface area (Å²) in [6.45, 7) is 2.29. The third kappa shape index (κ3) is 1.03. The molecule has 3 nitrogen and oxygen atoms in total. The van der Waals surface area contributed by atoms with Crippen molar-refractivity contribution in [2.75, 3.05) is 6.54 Å². The number of likely N-dealkylation sites (N-methyl/N-ethyl adjacent to an activating group) is 1. The van der Waals surface area contributed by atoms with Crippen LogP contribution in [0, 0.1) is 0 Å². The second-order valence-corrected chi connectivity index (χ2v) is 3.19. The molecule has 0 unspecified atom stereocenters. The van der Waals surface area contributed by atoms with E-state index in [4.69, 9.17) is 0 Å². The van der Waals surface area contributed by atoms with Crippen LogP contribution in [0.5, 0.6) is 0 Å². The highest BCUT2D eigenvalue weighted by atomic mass is 16.2. The third-order valence-electron chi connectivity index (χ3n) is 2.47. The number of amides is 2. The van der Waals surface area contributed by atoms with Crippen LogP contribution in [0.25, 0.3) is 0 Å². The molecule has 2 aliphatic rings. The monoisotopic (exact) mass is 177 g/mol. The van der Waals surface area contributed by atoms with Crippen molar-refractivity contribution in [1.29, 1.82) is 0 Å². The minimum absolute atomic E-state index is 0.0909. The van der Waals surface area contributed by atoms with Gasteiger partial charge in [-0.1, -0.05) is 12.2 Å². The van der Waals surface area contributed by atoms with Gasteiger partial charge in [0.1, 0.15) is 0 Å². The minimum Gasteiger partial charge on any atom is -0.275 e. The molecular weight excluding hydrogens is 166 g/mol. The molecule has 2 amide bonds. The first-order chi connectivity index (χ1) is 6.25. The molecule has 1 heterocycles. The summed E-state index contributed by atoms with van der Waals surface area (Å²) in [5, 5.41) is 0. The Kier molecular flexibility index (Phi) is 1.79. The molecule has 0 saturated carbocycles. The second-order valence-electron chi connectivity index (χ2n) is 3.19. The zero-order chi connectivity index (χ0) is 9.42. The summed E-state index contributed by atoms with van der Waals surface area (Å²) >= 11 is 0. The Morgan fingerprint density at radius 3 is 2.77 bits per heavy atom. The van der Waals surface area contributed by atoms with Crippen molar-refractivity contribution in [2.45, 2.75) is 19.8 Å². The van der Waals surface area contributed by atoms with E-state index in [9.17, 15) is 9.59 Å². The molecule has 0 atom stereocenters. The maximum absolute atomic E-state index is 11.6. The molecule has 0 spiro atoms. The second kappa shape index (κ2) is 2.83. The van der Waals surface area contributed by atoms with E-state index in [0.717, 1.165) is 6.42 Å². The topological polar surface area (TPSA) is 37.4 Å². The van der Waals surface area contributed by atoms with Crippen molar-refractivity contribution in [1.82, 2.24) is 4.90 Å². The predicted molar refractivity (Wildman–Crippen MR) is 47.8 cm³/mol. The van der Waals surface area contributed by atoms with Crippen molar-refractivity contribution in [3.8, 4) is 0 Å². The SMILES string of the molecule is CCN1C(=O)C2=C(CCC=C2)C1=O. The summed E-state index contributed by atoms with van der Waals surface area (Å²) in [6.07, 6.45) is 5.31. The van der Waals surface area contributed by atoms with E-state index >= 15 is 0 Å². The van der Waals surface area contributed by atoms with E-state index < -0.39 is 0 Å². The molecule has 0 aromatic rings. The van der Waals surface area contributed by atoms with Gasteiger partial charge in [-0.2, -0.15) is 0 Å². The van der Waals surface area contributed by atoms with Crippen LogP contribution < -0.4 is 0 Å². The molecule has 0 saturated heterocycles. The number of imide groups is 1. The number of carbonyl (C=O) groups excluding carboxylic acids is 2. The summed E-state index contributed by atoms with van der Waals surface area (Å²) in [5.41, 5.74) is 1.31. The molecule has 0 radical (unpaired) electrons. The van der Waals surface area contributed by atoms with E-state index in [1.54, 1.807) is 6.08 Å². The zero-order valence-electron chi connectivity index (χ0n) is 7.54. The first-order valence-electron chi connectivity index (χ1n) is 4.51. The summed E-state index contributed by atoms with van der Waals surface area (Å²) in [6, 6.07) is 0. The first kappa shape index (κ1) is 8.23. The molecule has 2 rings (SSSR count). The average Bonchev–Trinajstić information content (AvgIpc) is 2.41. The molecule has 0 bridgehead atoms. The van der Waals surface area contributed by atoms with Crippen molar-refractivity contribution in [3.63, 3.8) is 0 Å². The van der Waals surface area contributed by atoms with Gasteiger partial charge in [0.15, 0.2) is 0 Å². The molecule has 3 heteroatoms. The van der Waals surface area contributed by atoms with Gasteiger partial charge in [0.25, 0.3) is 11.8 Å². The highest BCUT2D eigenvalue weighted by molar-refractivity contribution is 6.20. The molecular formula is C10H11NO2. The first-order valence-corrected chi connectivity index (χ1v) is 4.51. The number of hydrogen-bond donors (Lipinski definition) is 0. The summed E-state index contributed by atoms with van der Waals surface area (Å²) < 4.78 is 0. The van der Waals surface area contributed by atoms with Gasteiger partial charge in [0.05, 0.1) is 0 Å². The summed E-state index contributed by atoms with van der Waals surface area (Å²) in [5.74, 6) is -0.217.